The summed E-state index contributed by atoms with van der Waals surface area (Å²) in [5.74, 6) is 0.133. The average Bonchev–Trinajstić information content (AvgIpc) is 3.20. The quantitative estimate of drug-likeness (QED) is 0.885. The second-order valence-corrected chi connectivity index (χ2v) is 8.46. The van der Waals surface area contributed by atoms with Gasteiger partial charge in [0.05, 0.1) is 23.1 Å². The molecule has 0 saturated carbocycles. The Balaban J connectivity index is 1.60. The smallest absolute Gasteiger partial charge is 0.240 e. The molecule has 25 heavy (non-hydrogen) atoms. The molecule has 1 unspecified atom stereocenters. The van der Waals surface area contributed by atoms with Crippen LogP contribution in [0.4, 0.5) is 5.69 Å². The van der Waals surface area contributed by atoms with E-state index < -0.39 is 10.0 Å². The zero-order valence-electron chi connectivity index (χ0n) is 14.0. The molecule has 7 heteroatoms. The first-order valence-electron chi connectivity index (χ1n) is 8.43. The lowest BCUT2D eigenvalue weighted by atomic mass is 10.00. The van der Waals surface area contributed by atoms with Crippen LogP contribution in [0.3, 0.4) is 0 Å². The number of benzene rings is 1. The van der Waals surface area contributed by atoms with Gasteiger partial charge >= 0.3 is 0 Å². The van der Waals surface area contributed by atoms with Crippen LogP contribution in [-0.4, -0.2) is 26.9 Å². The highest BCUT2D eigenvalue weighted by atomic mass is 32.2. The van der Waals surface area contributed by atoms with Crippen molar-refractivity contribution in [2.75, 3.05) is 11.4 Å². The number of amides is 1. The van der Waals surface area contributed by atoms with Crippen LogP contribution in [0.25, 0.3) is 0 Å². The summed E-state index contributed by atoms with van der Waals surface area (Å²) in [7, 11) is -3.61. The fourth-order valence-corrected chi connectivity index (χ4v) is 5.06. The topological polar surface area (TPSA) is 79.6 Å². The van der Waals surface area contributed by atoms with Gasteiger partial charge in [0.2, 0.25) is 15.9 Å². The first-order valence-corrected chi connectivity index (χ1v) is 9.92. The van der Waals surface area contributed by atoms with Gasteiger partial charge in [-0.3, -0.25) is 4.79 Å². The van der Waals surface area contributed by atoms with Gasteiger partial charge < -0.3 is 9.32 Å². The lowest BCUT2D eigenvalue weighted by Gasteiger charge is -2.26. The van der Waals surface area contributed by atoms with Crippen LogP contribution < -0.4 is 9.62 Å². The summed E-state index contributed by atoms with van der Waals surface area (Å²) >= 11 is 0. The fourth-order valence-electron chi connectivity index (χ4n) is 3.72. The molecule has 2 aliphatic rings. The Morgan fingerprint density at radius 2 is 2.00 bits per heavy atom. The van der Waals surface area contributed by atoms with Crippen molar-refractivity contribution in [1.82, 2.24) is 4.72 Å². The molecule has 0 bridgehead atoms. The lowest BCUT2D eigenvalue weighted by molar-refractivity contribution is -0.118. The molecule has 0 fully saturated rings. The van der Waals surface area contributed by atoms with Gasteiger partial charge in [0.15, 0.2) is 0 Å². The number of carbonyl (C=O) groups excluding carboxylic acids is 1. The molecular formula is C18H20N2O4S. The van der Waals surface area contributed by atoms with Crippen molar-refractivity contribution in [3.63, 3.8) is 0 Å². The van der Waals surface area contributed by atoms with Crippen molar-refractivity contribution >= 4 is 21.6 Å². The van der Waals surface area contributed by atoms with Crippen molar-refractivity contribution < 1.29 is 17.6 Å². The summed E-state index contributed by atoms with van der Waals surface area (Å²) in [6, 6.07) is 5.02. The van der Waals surface area contributed by atoms with Crippen LogP contribution in [0, 0.1) is 0 Å². The highest BCUT2D eigenvalue weighted by molar-refractivity contribution is 7.89. The predicted octanol–water partition coefficient (Wildman–Crippen LogP) is 2.02. The van der Waals surface area contributed by atoms with E-state index in [0.29, 0.717) is 32.2 Å². The maximum Gasteiger partial charge on any atom is 0.240 e. The van der Waals surface area contributed by atoms with E-state index in [1.807, 2.05) is 13.0 Å². The summed E-state index contributed by atoms with van der Waals surface area (Å²) in [5.41, 5.74) is 3.79. The molecule has 1 aromatic carbocycles. The summed E-state index contributed by atoms with van der Waals surface area (Å²) in [4.78, 5) is 14.1. The Morgan fingerprint density at radius 3 is 2.72 bits per heavy atom. The third-order valence-corrected chi connectivity index (χ3v) is 6.38. The van der Waals surface area contributed by atoms with Gasteiger partial charge in [-0.25, -0.2) is 13.1 Å². The highest BCUT2D eigenvalue weighted by Crippen LogP contribution is 2.38. The number of hydrogen-bond donors (Lipinski definition) is 1. The van der Waals surface area contributed by atoms with Gasteiger partial charge in [-0.2, -0.15) is 0 Å². The van der Waals surface area contributed by atoms with Gasteiger partial charge in [-0.15, -0.1) is 0 Å². The van der Waals surface area contributed by atoms with E-state index in [9.17, 15) is 13.2 Å². The minimum atomic E-state index is -3.61. The van der Waals surface area contributed by atoms with Crippen molar-refractivity contribution in [2.45, 2.75) is 43.5 Å². The van der Waals surface area contributed by atoms with Gasteiger partial charge in [0, 0.05) is 19.0 Å². The SMILES string of the molecule is CC(Cc1ccoc1)NS(=O)(=O)c1cc2c3c(c1)CCN3C(=O)CC2. The number of nitrogens with one attached hydrogen (secondary N) is 1. The summed E-state index contributed by atoms with van der Waals surface area (Å²) < 4.78 is 33.3. The molecule has 0 spiro atoms. The third-order valence-electron chi connectivity index (χ3n) is 4.81. The molecule has 2 aromatic rings. The number of hydrogen-bond acceptors (Lipinski definition) is 4. The van der Waals surface area contributed by atoms with E-state index in [1.165, 1.54) is 0 Å². The first-order chi connectivity index (χ1) is 11.9. The van der Waals surface area contributed by atoms with Crippen LogP contribution in [0.1, 0.15) is 30.0 Å². The Labute approximate surface area is 146 Å². The van der Waals surface area contributed by atoms with Crippen molar-refractivity contribution in [3.05, 3.63) is 47.4 Å². The average molecular weight is 360 g/mol. The maximum atomic E-state index is 12.8. The lowest BCUT2D eigenvalue weighted by Crippen LogP contribution is -2.35. The standard InChI is InChI=1S/C18H20N2O4S/c1-12(8-13-5-7-24-11-13)19-25(22,23)16-9-14-2-3-17(21)20-6-4-15(10-16)18(14)20/h5,7,9-12,19H,2-4,6,8H2,1H3. The zero-order valence-corrected chi connectivity index (χ0v) is 14.8. The number of sulfonamides is 1. The van der Waals surface area contributed by atoms with Crippen LogP contribution >= 0.6 is 0 Å². The monoisotopic (exact) mass is 360 g/mol. The largest absolute Gasteiger partial charge is 0.472 e. The summed E-state index contributed by atoms with van der Waals surface area (Å²) in [6.45, 7) is 2.48. The molecular weight excluding hydrogens is 340 g/mol. The van der Waals surface area contributed by atoms with Gasteiger partial charge in [0.25, 0.3) is 0 Å². The van der Waals surface area contributed by atoms with Crippen molar-refractivity contribution in [2.24, 2.45) is 0 Å². The second kappa shape index (κ2) is 6.00. The third kappa shape index (κ3) is 2.98. The second-order valence-electron chi connectivity index (χ2n) is 6.74. The fraction of sp³-hybridized carbons (Fsp3) is 0.389. The number of carbonyl (C=O) groups is 1. The molecule has 2 aliphatic heterocycles. The predicted molar refractivity (Wildman–Crippen MR) is 93.0 cm³/mol. The van der Waals surface area contributed by atoms with E-state index in [2.05, 4.69) is 4.72 Å². The Morgan fingerprint density at radius 1 is 1.24 bits per heavy atom. The molecule has 0 saturated heterocycles. The van der Waals surface area contributed by atoms with Crippen molar-refractivity contribution in [3.8, 4) is 0 Å². The van der Waals surface area contributed by atoms with Gasteiger partial charge in [-0.1, -0.05) is 0 Å². The highest BCUT2D eigenvalue weighted by Gasteiger charge is 2.33. The van der Waals surface area contributed by atoms with E-state index in [-0.39, 0.29) is 16.8 Å². The van der Waals surface area contributed by atoms with E-state index in [0.717, 1.165) is 22.4 Å². The first kappa shape index (κ1) is 16.4. The van der Waals surface area contributed by atoms with Crippen LogP contribution in [0.5, 0.6) is 0 Å². The van der Waals surface area contributed by atoms with Crippen LogP contribution in [0.2, 0.25) is 0 Å². The van der Waals surface area contributed by atoms with E-state index >= 15 is 0 Å². The number of furan rings is 1. The van der Waals surface area contributed by atoms with Gasteiger partial charge in [-0.05, 0) is 61.1 Å². The van der Waals surface area contributed by atoms with Crippen LogP contribution in [0.15, 0.2) is 40.0 Å². The maximum absolute atomic E-state index is 12.8. The minimum absolute atomic E-state index is 0.133. The normalized spacial score (nSPS) is 17.6. The minimum Gasteiger partial charge on any atom is -0.472 e. The van der Waals surface area contributed by atoms with E-state index in [1.54, 1.807) is 29.6 Å². The molecule has 1 aromatic heterocycles. The molecule has 0 radical (unpaired) electrons. The Bertz CT molecular complexity index is 919. The number of aryl methyl sites for hydroxylation is 1. The summed E-state index contributed by atoms with van der Waals surface area (Å²) in [6.07, 6.45) is 5.52. The molecule has 1 atom stereocenters. The molecule has 4 rings (SSSR count). The summed E-state index contributed by atoms with van der Waals surface area (Å²) in [5, 5.41) is 0. The molecule has 3 heterocycles. The molecule has 1 N–H and O–H groups in total. The molecule has 6 nitrogen and oxygen atoms in total. The zero-order chi connectivity index (χ0) is 17.6. The number of anilines is 1. The molecule has 0 aliphatic carbocycles. The van der Waals surface area contributed by atoms with E-state index in [4.69, 9.17) is 4.42 Å². The number of rotatable bonds is 5. The Hall–Kier alpha value is -2.12. The van der Waals surface area contributed by atoms with Gasteiger partial charge in [0.1, 0.15) is 0 Å². The Kier molecular flexibility index (Phi) is 3.92. The van der Waals surface area contributed by atoms with Crippen LogP contribution in [-0.2, 0) is 34.1 Å². The molecule has 132 valence electrons. The number of nitrogens with zero attached hydrogens (tertiary/aromatic N) is 1. The van der Waals surface area contributed by atoms with Crippen molar-refractivity contribution in [1.29, 1.82) is 0 Å². The molecule has 1 amide bonds.